The molecule has 0 amide bonds. The van der Waals surface area contributed by atoms with Crippen molar-refractivity contribution in [1.82, 2.24) is 9.71 Å². The quantitative estimate of drug-likeness (QED) is 0.765. The SMILES string of the molecule is COc1cc(C)c(S(=O)(=O)NCc2ccc([C@H](C)O)c(C)n2)cc1OC. The van der Waals surface area contributed by atoms with Gasteiger partial charge in [-0.1, -0.05) is 6.07 Å². The van der Waals surface area contributed by atoms with Gasteiger partial charge in [-0.2, -0.15) is 0 Å². The predicted octanol–water partition coefficient (Wildman–Crippen LogP) is 2.25. The van der Waals surface area contributed by atoms with Gasteiger partial charge in [0.15, 0.2) is 11.5 Å². The maximum Gasteiger partial charge on any atom is 0.241 e. The zero-order valence-corrected chi connectivity index (χ0v) is 16.3. The van der Waals surface area contributed by atoms with E-state index < -0.39 is 16.1 Å². The van der Waals surface area contributed by atoms with E-state index in [0.29, 0.717) is 34.0 Å². The third-order valence-electron chi connectivity index (χ3n) is 4.05. The first-order chi connectivity index (χ1) is 12.2. The van der Waals surface area contributed by atoms with Crippen LogP contribution in [0.15, 0.2) is 29.2 Å². The molecule has 0 bridgehead atoms. The van der Waals surface area contributed by atoms with Crippen molar-refractivity contribution < 1.29 is 23.0 Å². The third kappa shape index (κ3) is 4.32. The lowest BCUT2D eigenvalue weighted by molar-refractivity contribution is 0.198. The van der Waals surface area contributed by atoms with Gasteiger partial charge in [0.25, 0.3) is 0 Å². The average Bonchev–Trinajstić information content (AvgIpc) is 2.59. The molecule has 0 saturated heterocycles. The maximum absolute atomic E-state index is 12.7. The Kier molecular flexibility index (Phi) is 6.22. The Bertz CT molecular complexity index is 895. The molecule has 0 saturated carbocycles. The third-order valence-corrected chi connectivity index (χ3v) is 5.59. The summed E-state index contributed by atoms with van der Waals surface area (Å²) in [7, 11) is -0.814. The molecule has 0 aliphatic heterocycles. The summed E-state index contributed by atoms with van der Waals surface area (Å²) in [6.07, 6.45) is -0.623. The Labute approximate surface area is 154 Å². The summed E-state index contributed by atoms with van der Waals surface area (Å²) in [5.41, 5.74) is 2.49. The molecule has 0 fully saturated rings. The number of nitrogens with zero attached hydrogens (tertiary/aromatic N) is 1. The number of aryl methyl sites for hydroxylation is 2. The second-order valence-electron chi connectivity index (χ2n) is 5.95. The number of nitrogens with one attached hydrogen (secondary N) is 1. The minimum atomic E-state index is -3.76. The number of methoxy groups -OCH3 is 2. The molecule has 7 nitrogen and oxygen atoms in total. The first-order valence-electron chi connectivity index (χ1n) is 8.06. The van der Waals surface area contributed by atoms with Crippen LogP contribution in [0.2, 0.25) is 0 Å². The van der Waals surface area contributed by atoms with Crippen LogP contribution in [0.1, 0.15) is 35.5 Å². The fraction of sp³-hybridized carbons (Fsp3) is 0.389. The lowest BCUT2D eigenvalue weighted by atomic mass is 10.1. The van der Waals surface area contributed by atoms with Gasteiger partial charge in [-0.25, -0.2) is 13.1 Å². The summed E-state index contributed by atoms with van der Waals surface area (Å²) in [6, 6.07) is 6.50. The average molecular weight is 380 g/mol. The van der Waals surface area contributed by atoms with E-state index in [1.54, 1.807) is 39.0 Å². The molecule has 0 aliphatic rings. The molecular weight excluding hydrogens is 356 g/mol. The molecule has 0 spiro atoms. The topological polar surface area (TPSA) is 97.8 Å². The van der Waals surface area contributed by atoms with Gasteiger partial charge in [-0.15, -0.1) is 0 Å². The molecule has 1 heterocycles. The molecule has 0 radical (unpaired) electrons. The van der Waals surface area contributed by atoms with Gasteiger partial charge >= 0.3 is 0 Å². The maximum atomic E-state index is 12.7. The van der Waals surface area contributed by atoms with E-state index in [4.69, 9.17) is 9.47 Å². The van der Waals surface area contributed by atoms with Crippen molar-refractivity contribution >= 4 is 10.0 Å². The van der Waals surface area contributed by atoms with Gasteiger partial charge in [0.1, 0.15) is 0 Å². The molecule has 0 unspecified atom stereocenters. The van der Waals surface area contributed by atoms with E-state index in [0.717, 1.165) is 0 Å². The summed E-state index contributed by atoms with van der Waals surface area (Å²) in [5.74, 6) is 0.809. The Hall–Kier alpha value is -2.16. The molecular formula is C18H24N2O5S. The smallest absolute Gasteiger partial charge is 0.241 e. The van der Waals surface area contributed by atoms with Crippen molar-refractivity contribution in [3.63, 3.8) is 0 Å². The minimum absolute atomic E-state index is 0.0387. The van der Waals surface area contributed by atoms with Crippen LogP contribution in [0.5, 0.6) is 11.5 Å². The molecule has 1 aromatic carbocycles. The summed E-state index contributed by atoms with van der Waals surface area (Å²) in [4.78, 5) is 4.46. The highest BCUT2D eigenvalue weighted by molar-refractivity contribution is 7.89. The van der Waals surface area contributed by atoms with Crippen LogP contribution in [0, 0.1) is 13.8 Å². The minimum Gasteiger partial charge on any atom is -0.493 e. The predicted molar refractivity (Wildman–Crippen MR) is 97.9 cm³/mol. The van der Waals surface area contributed by atoms with E-state index in [9.17, 15) is 13.5 Å². The number of aliphatic hydroxyl groups excluding tert-OH is 1. The van der Waals surface area contributed by atoms with Gasteiger partial charge < -0.3 is 14.6 Å². The number of benzene rings is 1. The van der Waals surface area contributed by atoms with Crippen LogP contribution in [-0.4, -0.2) is 32.7 Å². The van der Waals surface area contributed by atoms with E-state index >= 15 is 0 Å². The second-order valence-corrected chi connectivity index (χ2v) is 7.69. The number of pyridine rings is 1. The largest absolute Gasteiger partial charge is 0.493 e. The Balaban J connectivity index is 2.25. The monoisotopic (exact) mass is 380 g/mol. The van der Waals surface area contributed by atoms with Crippen molar-refractivity contribution in [2.45, 2.75) is 38.3 Å². The number of sulfonamides is 1. The Morgan fingerprint density at radius 3 is 2.31 bits per heavy atom. The van der Waals surface area contributed by atoms with E-state index in [1.807, 2.05) is 0 Å². The first kappa shape index (κ1) is 20.2. The molecule has 1 aromatic heterocycles. The Morgan fingerprint density at radius 2 is 1.77 bits per heavy atom. The summed E-state index contributed by atoms with van der Waals surface area (Å²) < 4.78 is 38.3. The van der Waals surface area contributed by atoms with Crippen molar-refractivity contribution in [3.8, 4) is 11.5 Å². The van der Waals surface area contributed by atoms with Gasteiger partial charge in [0, 0.05) is 17.3 Å². The van der Waals surface area contributed by atoms with Gasteiger partial charge in [0.2, 0.25) is 10.0 Å². The van der Waals surface area contributed by atoms with Gasteiger partial charge in [-0.05, 0) is 38.5 Å². The number of aliphatic hydroxyl groups is 1. The lowest BCUT2D eigenvalue weighted by Gasteiger charge is -2.14. The molecule has 26 heavy (non-hydrogen) atoms. The highest BCUT2D eigenvalue weighted by Crippen LogP contribution is 2.32. The van der Waals surface area contributed by atoms with Crippen LogP contribution in [0.25, 0.3) is 0 Å². The molecule has 0 aliphatic carbocycles. The number of rotatable bonds is 7. The van der Waals surface area contributed by atoms with Crippen molar-refractivity contribution in [2.24, 2.45) is 0 Å². The normalized spacial score (nSPS) is 12.7. The van der Waals surface area contributed by atoms with Crippen LogP contribution in [0.3, 0.4) is 0 Å². The molecule has 8 heteroatoms. The number of hydrogen-bond acceptors (Lipinski definition) is 6. The van der Waals surface area contributed by atoms with E-state index in [1.165, 1.54) is 20.3 Å². The van der Waals surface area contributed by atoms with Crippen LogP contribution in [0.4, 0.5) is 0 Å². The lowest BCUT2D eigenvalue weighted by Crippen LogP contribution is -2.24. The first-order valence-corrected chi connectivity index (χ1v) is 9.54. The van der Waals surface area contributed by atoms with Crippen molar-refractivity contribution in [1.29, 1.82) is 0 Å². The van der Waals surface area contributed by atoms with E-state index in [-0.39, 0.29) is 11.4 Å². The second kappa shape index (κ2) is 8.03. The zero-order valence-electron chi connectivity index (χ0n) is 15.5. The molecule has 2 rings (SSSR count). The van der Waals surface area contributed by atoms with Crippen molar-refractivity contribution in [3.05, 3.63) is 46.8 Å². The van der Waals surface area contributed by atoms with Crippen LogP contribution < -0.4 is 14.2 Å². The summed E-state index contributed by atoms with van der Waals surface area (Å²) in [5, 5.41) is 9.65. The summed E-state index contributed by atoms with van der Waals surface area (Å²) >= 11 is 0. The van der Waals surface area contributed by atoms with Crippen molar-refractivity contribution in [2.75, 3.05) is 14.2 Å². The van der Waals surface area contributed by atoms with Crippen LogP contribution >= 0.6 is 0 Å². The molecule has 2 aromatic rings. The Morgan fingerprint density at radius 1 is 1.15 bits per heavy atom. The fourth-order valence-electron chi connectivity index (χ4n) is 2.66. The fourth-order valence-corrected chi connectivity index (χ4v) is 3.90. The molecule has 1 atom stereocenters. The zero-order chi connectivity index (χ0) is 19.5. The molecule has 142 valence electrons. The number of aromatic nitrogens is 1. The summed E-state index contributed by atoms with van der Waals surface area (Å²) in [6.45, 7) is 5.16. The van der Waals surface area contributed by atoms with E-state index in [2.05, 4.69) is 9.71 Å². The van der Waals surface area contributed by atoms with Crippen LogP contribution in [-0.2, 0) is 16.6 Å². The van der Waals surface area contributed by atoms with Gasteiger partial charge in [-0.3, -0.25) is 4.98 Å². The molecule has 2 N–H and O–H groups in total. The standard InChI is InChI=1S/C18H24N2O5S/c1-11-8-16(24-4)17(25-5)9-18(11)26(22,23)19-10-14-6-7-15(13(3)21)12(2)20-14/h6-9,13,19,21H,10H2,1-5H3/t13-/m0/s1. The highest BCUT2D eigenvalue weighted by atomic mass is 32.2. The van der Waals surface area contributed by atoms with Gasteiger partial charge in [0.05, 0.1) is 37.5 Å². The highest BCUT2D eigenvalue weighted by Gasteiger charge is 2.20. The number of hydrogen-bond donors (Lipinski definition) is 2. The number of ether oxygens (including phenoxy) is 2.